The highest BCUT2D eigenvalue weighted by Gasteiger charge is 2.38. The van der Waals surface area contributed by atoms with Gasteiger partial charge in [-0.05, 0) is 37.8 Å². The highest BCUT2D eigenvalue weighted by Crippen LogP contribution is 2.30. The maximum atomic E-state index is 12.6. The van der Waals surface area contributed by atoms with E-state index in [2.05, 4.69) is 4.98 Å². The first-order valence-corrected chi connectivity index (χ1v) is 7.58. The van der Waals surface area contributed by atoms with Gasteiger partial charge in [-0.3, -0.25) is 4.79 Å². The molecule has 116 valence electrons. The summed E-state index contributed by atoms with van der Waals surface area (Å²) in [5.74, 6) is -1.06. The number of benzene rings is 1. The van der Waals surface area contributed by atoms with E-state index >= 15 is 0 Å². The Kier molecular flexibility index (Phi) is 3.64. The molecule has 3 rings (SSSR count). The fourth-order valence-corrected chi connectivity index (χ4v) is 2.97. The molecule has 1 amide bonds. The minimum atomic E-state index is -0.949. The Balaban J connectivity index is 1.85. The van der Waals surface area contributed by atoms with Crippen LogP contribution in [0.2, 0.25) is 0 Å². The van der Waals surface area contributed by atoms with Crippen molar-refractivity contribution in [3.63, 3.8) is 0 Å². The zero-order chi connectivity index (χ0) is 15.9. The van der Waals surface area contributed by atoms with Crippen LogP contribution >= 0.6 is 0 Å². The zero-order valence-electron chi connectivity index (χ0n) is 12.8. The van der Waals surface area contributed by atoms with E-state index in [1.807, 2.05) is 31.3 Å². The van der Waals surface area contributed by atoms with Gasteiger partial charge in [-0.15, -0.1) is 0 Å². The van der Waals surface area contributed by atoms with Gasteiger partial charge < -0.3 is 15.0 Å². The van der Waals surface area contributed by atoms with Crippen molar-refractivity contribution in [2.24, 2.45) is 0 Å². The molecule has 0 bridgehead atoms. The number of aromatic amines is 1. The van der Waals surface area contributed by atoms with Gasteiger partial charge in [0.15, 0.2) is 0 Å². The van der Waals surface area contributed by atoms with Gasteiger partial charge in [-0.25, -0.2) is 4.79 Å². The fourth-order valence-electron chi connectivity index (χ4n) is 2.97. The van der Waals surface area contributed by atoms with Gasteiger partial charge in [0, 0.05) is 23.1 Å². The first-order chi connectivity index (χ1) is 10.5. The van der Waals surface area contributed by atoms with Crippen LogP contribution in [0.15, 0.2) is 24.4 Å². The number of carboxylic acids is 1. The van der Waals surface area contributed by atoms with E-state index < -0.39 is 12.0 Å². The van der Waals surface area contributed by atoms with Crippen LogP contribution in [0.4, 0.5) is 0 Å². The monoisotopic (exact) mass is 300 g/mol. The molecule has 0 radical (unpaired) electrons. The molecule has 0 spiro atoms. The minimum absolute atomic E-state index is 0.0885. The van der Waals surface area contributed by atoms with Gasteiger partial charge in [0.1, 0.15) is 6.04 Å². The molecule has 22 heavy (non-hydrogen) atoms. The van der Waals surface area contributed by atoms with Crippen LogP contribution in [0.25, 0.3) is 10.9 Å². The second-order valence-corrected chi connectivity index (χ2v) is 6.03. The van der Waals surface area contributed by atoms with Crippen LogP contribution in [-0.2, 0) is 16.0 Å². The number of nitrogens with zero attached hydrogens (tertiary/aromatic N) is 1. The number of H-pyrrole nitrogens is 1. The third-order valence-electron chi connectivity index (χ3n) is 4.35. The van der Waals surface area contributed by atoms with Crippen molar-refractivity contribution in [1.82, 2.24) is 9.88 Å². The molecule has 2 aromatic rings. The largest absolute Gasteiger partial charge is 0.480 e. The molecule has 1 heterocycles. The maximum absolute atomic E-state index is 12.6. The number of carbonyl (C=O) groups is 2. The zero-order valence-corrected chi connectivity index (χ0v) is 12.8. The van der Waals surface area contributed by atoms with Gasteiger partial charge in [-0.1, -0.05) is 18.2 Å². The highest BCUT2D eigenvalue weighted by molar-refractivity contribution is 5.92. The van der Waals surface area contributed by atoms with Crippen molar-refractivity contribution >= 4 is 22.8 Å². The lowest BCUT2D eigenvalue weighted by Gasteiger charge is -2.26. The predicted octanol–water partition coefficient (Wildman–Crippen LogP) is 2.48. The predicted molar refractivity (Wildman–Crippen MR) is 83.7 cm³/mol. The number of carboxylic acid groups (broad SMARTS) is 1. The smallest absolute Gasteiger partial charge is 0.326 e. The molecule has 1 aliphatic carbocycles. The van der Waals surface area contributed by atoms with Crippen molar-refractivity contribution < 1.29 is 14.7 Å². The van der Waals surface area contributed by atoms with Gasteiger partial charge >= 0.3 is 5.97 Å². The molecule has 2 N–H and O–H groups in total. The van der Waals surface area contributed by atoms with Crippen LogP contribution in [0.1, 0.15) is 30.9 Å². The number of amides is 1. The summed E-state index contributed by atoms with van der Waals surface area (Å²) in [6.07, 6.45) is 3.89. The summed E-state index contributed by atoms with van der Waals surface area (Å²) >= 11 is 0. The minimum Gasteiger partial charge on any atom is -0.480 e. The third-order valence-corrected chi connectivity index (χ3v) is 4.35. The SMILES string of the molecule is Cc1cccc2c(CC(=O)N(C3CC3)C(C)C(=O)O)c[nH]c12. The van der Waals surface area contributed by atoms with E-state index in [1.54, 1.807) is 6.92 Å². The molecule has 1 aromatic carbocycles. The number of aromatic nitrogens is 1. The quantitative estimate of drug-likeness (QED) is 0.891. The van der Waals surface area contributed by atoms with Crippen molar-refractivity contribution in [3.8, 4) is 0 Å². The van der Waals surface area contributed by atoms with Gasteiger partial charge in [-0.2, -0.15) is 0 Å². The van der Waals surface area contributed by atoms with E-state index in [-0.39, 0.29) is 18.4 Å². The summed E-state index contributed by atoms with van der Waals surface area (Å²) in [4.78, 5) is 28.6. The summed E-state index contributed by atoms with van der Waals surface area (Å²) in [7, 11) is 0. The number of aryl methyl sites for hydroxylation is 1. The van der Waals surface area contributed by atoms with Crippen LogP contribution in [0.5, 0.6) is 0 Å². The molecular weight excluding hydrogens is 280 g/mol. The van der Waals surface area contributed by atoms with E-state index in [9.17, 15) is 14.7 Å². The topological polar surface area (TPSA) is 73.4 Å². The Hall–Kier alpha value is -2.30. The summed E-state index contributed by atoms with van der Waals surface area (Å²) < 4.78 is 0. The maximum Gasteiger partial charge on any atom is 0.326 e. The molecule has 1 fully saturated rings. The van der Waals surface area contributed by atoms with E-state index in [4.69, 9.17) is 0 Å². The average molecular weight is 300 g/mol. The molecule has 5 nitrogen and oxygen atoms in total. The highest BCUT2D eigenvalue weighted by atomic mass is 16.4. The summed E-state index contributed by atoms with van der Waals surface area (Å²) in [5, 5.41) is 10.2. The Morgan fingerprint density at radius 1 is 1.41 bits per heavy atom. The fraction of sp³-hybridized carbons (Fsp3) is 0.412. The van der Waals surface area contributed by atoms with Crippen molar-refractivity contribution in [2.45, 2.75) is 45.2 Å². The summed E-state index contributed by atoms with van der Waals surface area (Å²) in [5.41, 5.74) is 3.09. The van der Waals surface area contributed by atoms with Crippen molar-refractivity contribution in [2.75, 3.05) is 0 Å². The first-order valence-electron chi connectivity index (χ1n) is 7.58. The number of aliphatic carboxylic acids is 1. The molecule has 5 heteroatoms. The Morgan fingerprint density at radius 3 is 2.77 bits per heavy atom. The normalized spacial score (nSPS) is 15.7. The third kappa shape index (κ3) is 2.58. The Labute approximate surface area is 128 Å². The van der Waals surface area contributed by atoms with Gasteiger partial charge in [0.05, 0.1) is 6.42 Å². The lowest BCUT2D eigenvalue weighted by molar-refractivity contribution is -0.149. The molecule has 0 aliphatic heterocycles. The summed E-state index contributed by atoms with van der Waals surface area (Å²) in [6, 6.07) is 5.30. The number of hydrogen-bond donors (Lipinski definition) is 2. The number of nitrogens with one attached hydrogen (secondary N) is 1. The second kappa shape index (κ2) is 5.48. The molecular formula is C17H20N2O3. The van der Waals surface area contributed by atoms with E-state index in [0.29, 0.717) is 0 Å². The molecule has 1 atom stereocenters. The molecule has 1 aromatic heterocycles. The van der Waals surface area contributed by atoms with Gasteiger partial charge in [0.2, 0.25) is 5.91 Å². The Bertz CT molecular complexity index is 731. The standard InChI is InChI=1S/C17H20N2O3/c1-10-4-3-5-14-12(9-18-16(10)14)8-15(20)19(13-6-7-13)11(2)17(21)22/h3-5,9,11,13,18H,6-8H2,1-2H3,(H,21,22). The van der Waals surface area contributed by atoms with Crippen LogP contribution < -0.4 is 0 Å². The van der Waals surface area contributed by atoms with Crippen LogP contribution in [0.3, 0.4) is 0 Å². The van der Waals surface area contributed by atoms with Crippen LogP contribution in [0, 0.1) is 6.92 Å². The first kappa shape index (κ1) is 14.6. The Morgan fingerprint density at radius 2 is 2.14 bits per heavy atom. The average Bonchev–Trinajstić information content (AvgIpc) is 3.21. The molecule has 1 saturated carbocycles. The number of rotatable bonds is 5. The molecule has 1 unspecified atom stereocenters. The van der Waals surface area contributed by atoms with E-state index in [1.165, 1.54) is 4.90 Å². The lowest BCUT2D eigenvalue weighted by atomic mass is 10.1. The number of para-hydroxylation sites is 1. The number of hydrogen-bond acceptors (Lipinski definition) is 2. The van der Waals surface area contributed by atoms with Crippen LogP contribution in [-0.4, -0.2) is 39.0 Å². The van der Waals surface area contributed by atoms with Gasteiger partial charge in [0.25, 0.3) is 0 Å². The lowest BCUT2D eigenvalue weighted by Crippen LogP contribution is -2.45. The summed E-state index contributed by atoms with van der Waals surface area (Å²) in [6.45, 7) is 3.60. The molecule has 1 aliphatic rings. The van der Waals surface area contributed by atoms with Crippen molar-refractivity contribution in [1.29, 1.82) is 0 Å². The number of carbonyl (C=O) groups excluding carboxylic acids is 1. The number of fused-ring (bicyclic) bond motifs is 1. The van der Waals surface area contributed by atoms with Crippen molar-refractivity contribution in [3.05, 3.63) is 35.5 Å². The molecule has 0 saturated heterocycles. The van der Waals surface area contributed by atoms with E-state index in [0.717, 1.165) is 34.9 Å². The second-order valence-electron chi connectivity index (χ2n) is 6.03.